The van der Waals surface area contributed by atoms with Gasteiger partial charge in [-0.15, -0.1) is 0 Å². The van der Waals surface area contributed by atoms with Crippen LogP contribution in [0.5, 0.6) is 0 Å². The zero-order chi connectivity index (χ0) is 12.5. The van der Waals surface area contributed by atoms with Gasteiger partial charge in [-0.2, -0.15) is 0 Å². The summed E-state index contributed by atoms with van der Waals surface area (Å²) in [6.45, 7) is 3.52. The van der Waals surface area contributed by atoms with Gasteiger partial charge in [0, 0.05) is 6.42 Å². The molecule has 17 heavy (non-hydrogen) atoms. The number of ether oxygens (including phenoxy) is 1. The molecule has 0 bridgehead atoms. The van der Waals surface area contributed by atoms with Gasteiger partial charge in [0.25, 0.3) is 0 Å². The Bertz CT molecular complexity index is 212. The summed E-state index contributed by atoms with van der Waals surface area (Å²) in [5, 5.41) is 0. The van der Waals surface area contributed by atoms with Gasteiger partial charge in [0.15, 0.2) is 0 Å². The zero-order valence-corrected chi connectivity index (χ0v) is 11.1. The van der Waals surface area contributed by atoms with E-state index in [0.717, 1.165) is 25.8 Å². The summed E-state index contributed by atoms with van der Waals surface area (Å²) in [6, 6.07) is 0. The molecule has 0 aliphatic heterocycles. The molecule has 0 amide bonds. The molecule has 0 saturated heterocycles. The molecule has 3 heteroatoms. The minimum atomic E-state index is -0.0210. The first-order chi connectivity index (χ1) is 8.26. The van der Waals surface area contributed by atoms with Crippen molar-refractivity contribution in [2.45, 2.75) is 58.3 Å². The molecular formula is C14H27NO2. The third kappa shape index (κ3) is 6.06. The summed E-state index contributed by atoms with van der Waals surface area (Å²) in [4.78, 5) is 11.6. The number of rotatable bonds is 8. The Labute approximate surface area is 105 Å². The quantitative estimate of drug-likeness (QED) is 0.665. The van der Waals surface area contributed by atoms with Crippen molar-refractivity contribution in [2.75, 3.05) is 13.2 Å². The van der Waals surface area contributed by atoms with Crippen LogP contribution >= 0.6 is 0 Å². The van der Waals surface area contributed by atoms with Crippen LogP contribution in [-0.2, 0) is 9.53 Å². The summed E-state index contributed by atoms with van der Waals surface area (Å²) < 4.78 is 5.33. The summed E-state index contributed by atoms with van der Waals surface area (Å²) in [7, 11) is 0. The van der Waals surface area contributed by atoms with Crippen LogP contribution in [-0.4, -0.2) is 19.1 Å². The van der Waals surface area contributed by atoms with Crippen LogP contribution in [0, 0.1) is 11.8 Å². The Morgan fingerprint density at radius 2 is 2.06 bits per heavy atom. The van der Waals surface area contributed by atoms with Gasteiger partial charge in [-0.05, 0) is 44.1 Å². The van der Waals surface area contributed by atoms with Gasteiger partial charge in [0.1, 0.15) is 0 Å². The number of esters is 1. The second-order valence-electron chi connectivity index (χ2n) is 5.22. The third-order valence-corrected chi connectivity index (χ3v) is 3.86. The van der Waals surface area contributed by atoms with Crippen LogP contribution in [0.25, 0.3) is 0 Å². The number of nitrogens with two attached hydrogens (primary N) is 1. The molecule has 0 spiro atoms. The topological polar surface area (TPSA) is 52.3 Å². The van der Waals surface area contributed by atoms with Crippen molar-refractivity contribution in [1.82, 2.24) is 0 Å². The number of hydrogen-bond donors (Lipinski definition) is 1. The second kappa shape index (κ2) is 8.51. The monoisotopic (exact) mass is 241 g/mol. The predicted molar refractivity (Wildman–Crippen MR) is 69.6 cm³/mol. The molecule has 0 radical (unpaired) electrons. The van der Waals surface area contributed by atoms with Crippen molar-refractivity contribution in [3.05, 3.63) is 0 Å². The van der Waals surface area contributed by atoms with E-state index in [-0.39, 0.29) is 5.97 Å². The van der Waals surface area contributed by atoms with Gasteiger partial charge >= 0.3 is 5.97 Å². The average molecular weight is 241 g/mol. The van der Waals surface area contributed by atoms with E-state index in [1.165, 1.54) is 25.7 Å². The van der Waals surface area contributed by atoms with E-state index in [1.54, 1.807) is 0 Å². The maximum absolute atomic E-state index is 11.6. The summed E-state index contributed by atoms with van der Waals surface area (Å²) in [5.41, 5.74) is 5.54. The highest BCUT2D eigenvalue weighted by atomic mass is 16.5. The fourth-order valence-corrected chi connectivity index (χ4v) is 2.57. The van der Waals surface area contributed by atoms with Crippen LogP contribution in [0.15, 0.2) is 0 Å². The molecule has 3 nitrogen and oxygen atoms in total. The molecule has 0 aromatic rings. The summed E-state index contributed by atoms with van der Waals surface area (Å²) in [5.74, 6) is 1.19. The SMILES string of the molecule is CCC(CCN)CCC(=O)OCC1CCCC1. The highest BCUT2D eigenvalue weighted by Gasteiger charge is 2.17. The van der Waals surface area contributed by atoms with Crippen molar-refractivity contribution >= 4 is 5.97 Å². The molecule has 0 heterocycles. The first-order valence-electron chi connectivity index (χ1n) is 7.12. The smallest absolute Gasteiger partial charge is 0.305 e. The van der Waals surface area contributed by atoms with E-state index in [9.17, 15) is 4.79 Å². The van der Waals surface area contributed by atoms with E-state index in [4.69, 9.17) is 10.5 Å². The Hall–Kier alpha value is -0.570. The number of carbonyl (C=O) groups excluding carboxylic acids is 1. The lowest BCUT2D eigenvalue weighted by Crippen LogP contribution is -2.14. The van der Waals surface area contributed by atoms with Crippen molar-refractivity contribution in [1.29, 1.82) is 0 Å². The van der Waals surface area contributed by atoms with Crippen LogP contribution in [0.4, 0.5) is 0 Å². The van der Waals surface area contributed by atoms with Gasteiger partial charge in [-0.25, -0.2) is 0 Å². The molecule has 1 atom stereocenters. The molecule has 1 aliphatic rings. The molecule has 0 aromatic carbocycles. The summed E-state index contributed by atoms with van der Waals surface area (Å²) >= 11 is 0. The minimum absolute atomic E-state index is 0.0210. The lowest BCUT2D eigenvalue weighted by molar-refractivity contribution is -0.145. The molecule has 1 fully saturated rings. The van der Waals surface area contributed by atoms with Crippen LogP contribution < -0.4 is 5.73 Å². The van der Waals surface area contributed by atoms with E-state index in [2.05, 4.69) is 6.92 Å². The third-order valence-electron chi connectivity index (χ3n) is 3.86. The minimum Gasteiger partial charge on any atom is -0.465 e. The molecule has 1 saturated carbocycles. The Morgan fingerprint density at radius 1 is 1.35 bits per heavy atom. The molecule has 1 unspecified atom stereocenters. The van der Waals surface area contributed by atoms with Gasteiger partial charge in [0.2, 0.25) is 0 Å². The van der Waals surface area contributed by atoms with Gasteiger partial charge in [-0.3, -0.25) is 4.79 Å². The maximum Gasteiger partial charge on any atom is 0.305 e. The van der Waals surface area contributed by atoms with Gasteiger partial charge < -0.3 is 10.5 Å². The fourth-order valence-electron chi connectivity index (χ4n) is 2.57. The molecule has 100 valence electrons. The van der Waals surface area contributed by atoms with Crippen molar-refractivity contribution < 1.29 is 9.53 Å². The highest BCUT2D eigenvalue weighted by molar-refractivity contribution is 5.69. The van der Waals surface area contributed by atoms with Crippen LogP contribution in [0.2, 0.25) is 0 Å². The molecule has 2 N–H and O–H groups in total. The lowest BCUT2D eigenvalue weighted by Gasteiger charge is -2.14. The first kappa shape index (κ1) is 14.5. The molecule has 0 aromatic heterocycles. The van der Waals surface area contributed by atoms with Crippen LogP contribution in [0.1, 0.15) is 58.3 Å². The Kier molecular flexibility index (Phi) is 7.25. The van der Waals surface area contributed by atoms with Crippen LogP contribution in [0.3, 0.4) is 0 Å². The molecule has 1 aliphatic carbocycles. The predicted octanol–water partition coefficient (Wildman–Crippen LogP) is 2.88. The normalized spacial score (nSPS) is 18.2. The molecular weight excluding hydrogens is 214 g/mol. The number of carbonyl (C=O) groups is 1. The first-order valence-corrected chi connectivity index (χ1v) is 7.12. The average Bonchev–Trinajstić information content (AvgIpc) is 2.85. The Balaban J connectivity index is 2.07. The van der Waals surface area contributed by atoms with Crippen molar-refractivity contribution in [2.24, 2.45) is 17.6 Å². The van der Waals surface area contributed by atoms with Gasteiger partial charge in [0.05, 0.1) is 6.61 Å². The van der Waals surface area contributed by atoms with E-state index < -0.39 is 0 Å². The van der Waals surface area contributed by atoms with Crippen molar-refractivity contribution in [3.63, 3.8) is 0 Å². The second-order valence-corrected chi connectivity index (χ2v) is 5.22. The lowest BCUT2D eigenvalue weighted by atomic mass is 9.97. The van der Waals surface area contributed by atoms with E-state index in [1.807, 2.05) is 0 Å². The fraction of sp³-hybridized carbons (Fsp3) is 0.929. The van der Waals surface area contributed by atoms with Crippen molar-refractivity contribution in [3.8, 4) is 0 Å². The summed E-state index contributed by atoms with van der Waals surface area (Å²) in [6.07, 6.45) is 8.69. The molecule has 1 rings (SSSR count). The Morgan fingerprint density at radius 3 is 2.65 bits per heavy atom. The largest absolute Gasteiger partial charge is 0.465 e. The van der Waals surface area contributed by atoms with Gasteiger partial charge in [-0.1, -0.05) is 26.2 Å². The van der Waals surface area contributed by atoms with E-state index >= 15 is 0 Å². The van der Waals surface area contributed by atoms with E-state index in [0.29, 0.717) is 24.9 Å². The standard InChI is InChI=1S/C14H27NO2/c1-2-12(9-10-15)7-8-14(16)17-11-13-5-3-4-6-13/h12-13H,2-11,15H2,1H3. The maximum atomic E-state index is 11.6. The zero-order valence-electron chi connectivity index (χ0n) is 11.1. The highest BCUT2D eigenvalue weighted by Crippen LogP contribution is 2.25. The number of hydrogen-bond acceptors (Lipinski definition) is 3.